The van der Waals surface area contributed by atoms with E-state index in [9.17, 15) is 28.4 Å². The third-order valence-electron chi connectivity index (χ3n) is 6.70. The van der Waals surface area contributed by atoms with Crippen LogP contribution in [0.4, 0.5) is 8.78 Å². The number of carbonyl (C=O) groups is 3. The lowest BCUT2D eigenvalue weighted by Gasteiger charge is -2.20. The molecule has 2 saturated carbocycles. The monoisotopic (exact) mass is 432 g/mol. The number of hydrogen-bond donors (Lipinski definition) is 3. The molecule has 3 fully saturated rings. The van der Waals surface area contributed by atoms with Crippen molar-refractivity contribution in [2.75, 3.05) is 0 Å². The Balaban J connectivity index is 1.39. The maximum Gasteiger partial charge on any atom is 0.251 e. The van der Waals surface area contributed by atoms with E-state index in [1.165, 1.54) is 0 Å². The Kier molecular flexibility index (Phi) is 5.36. The minimum absolute atomic E-state index is 0.113. The normalized spacial score (nSPS) is 26.6. The molecule has 4 rings (SSSR count). The maximum atomic E-state index is 13.5. The van der Waals surface area contributed by atoms with Gasteiger partial charge in [-0.2, -0.15) is 5.26 Å². The van der Waals surface area contributed by atoms with Crippen molar-refractivity contribution in [1.29, 1.82) is 5.26 Å². The summed E-state index contributed by atoms with van der Waals surface area (Å²) in [7, 11) is 0. The van der Waals surface area contributed by atoms with Crippen LogP contribution in [0.3, 0.4) is 0 Å². The highest BCUT2D eigenvalue weighted by Crippen LogP contribution is 2.52. The second-order valence-electron chi connectivity index (χ2n) is 9.37. The number of aryl methyl sites for hydroxylation is 1. The molecular formula is C22H26F2N4O3. The van der Waals surface area contributed by atoms with Crippen LogP contribution >= 0.6 is 0 Å². The zero-order chi connectivity index (χ0) is 22.4. The van der Waals surface area contributed by atoms with Crippen molar-refractivity contribution in [2.45, 2.75) is 69.4 Å². The first-order chi connectivity index (χ1) is 14.6. The number of amides is 2. The molecule has 0 bridgehead atoms. The van der Waals surface area contributed by atoms with E-state index in [1.54, 1.807) is 19.1 Å². The van der Waals surface area contributed by atoms with Gasteiger partial charge in [0.15, 0.2) is 5.78 Å². The van der Waals surface area contributed by atoms with Crippen LogP contribution in [0.2, 0.25) is 0 Å². The lowest BCUT2D eigenvalue weighted by atomic mass is 9.92. The van der Waals surface area contributed by atoms with Crippen LogP contribution in [0.25, 0.3) is 0 Å². The molecule has 31 heavy (non-hydrogen) atoms. The number of alkyl halides is 2. The molecule has 166 valence electrons. The summed E-state index contributed by atoms with van der Waals surface area (Å²) >= 11 is 0. The van der Waals surface area contributed by atoms with Gasteiger partial charge in [0.25, 0.3) is 5.92 Å². The summed E-state index contributed by atoms with van der Waals surface area (Å²) in [6.45, 7) is 1.79. The number of halogens is 2. The molecule has 1 unspecified atom stereocenters. The number of aromatic amines is 1. The van der Waals surface area contributed by atoms with E-state index in [0.29, 0.717) is 12.1 Å². The van der Waals surface area contributed by atoms with Gasteiger partial charge in [-0.3, -0.25) is 14.4 Å². The molecule has 3 aliphatic rings. The van der Waals surface area contributed by atoms with Gasteiger partial charge in [0.05, 0.1) is 11.8 Å². The number of H-pyrrole nitrogens is 1. The fraction of sp³-hybridized carbons (Fsp3) is 0.636. The minimum atomic E-state index is -2.81. The standard InChI is InChI=1S/C22H26F2N4O3/c1-12-2-3-17(26-12)18(29)8-13(6-15-10-22(15,23)24)19(30)27-16(11-25)7-14-9-21(4-5-21)28-20(14)31/h2-3,13-16,26H,4-10H2,1H3,(H,27,30)(H,28,31)/t13-,14-,15?,16+/m1/s1. The first-order valence-electron chi connectivity index (χ1n) is 10.7. The molecule has 7 nitrogen and oxygen atoms in total. The van der Waals surface area contributed by atoms with Crippen LogP contribution in [0.5, 0.6) is 0 Å². The van der Waals surface area contributed by atoms with E-state index >= 15 is 0 Å². The number of Topliss-reactive ketones (excluding diaryl/α,β-unsaturated/α-hetero) is 1. The lowest BCUT2D eigenvalue weighted by Crippen LogP contribution is -2.41. The molecule has 1 aliphatic heterocycles. The fourth-order valence-electron chi connectivity index (χ4n) is 4.52. The lowest BCUT2D eigenvalue weighted by molar-refractivity contribution is -0.127. The van der Waals surface area contributed by atoms with Crippen molar-refractivity contribution < 1.29 is 23.2 Å². The van der Waals surface area contributed by atoms with E-state index < -0.39 is 29.7 Å². The Morgan fingerprint density at radius 2 is 2.00 bits per heavy atom. The molecule has 1 aromatic rings. The van der Waals surface area contributed by atoms with Gasteiger partial charge in [-0.15, -0.1) is 0 Å². The van der Waals surface area contributed by atoms with E-state index in [1.807, 2.05) is 6.07 Å². The number of rotatable bonds is 9. The van der Waals surface area contributed by atoms with Gasteiger partial charge < -0.3 is 15.6 Å². The third-order valence-corrected chi connectivity index (χ3v) is 6.70. The highest BCUT2D eigenvalue weighted by molar-refractivity contribution is 5.97. The van der Waals surface area contributed by atoms with Crippen molar-refractivity contribution in [3.8, 4) is 6.07 Å². The molecule has 3 N–H and O–H groups in total. The zero-order valence-electron chi connectivity index (χ0n) is 17.3. The molecule has 9 heteroatoms. The fourth-order valence-corrected chi connectivity index (χ4v) is 4.52. The summed E-state index contributed by atoms with van der Waals surface area (Å²) in [5.41, 5.74) is 0.977. The highest BCUT2D eigenvalue weighted by Gasteiger charge is 2.57. The van der Waals surface area contributed by atoms with Crippen molar-refractivity contribution >= 4 is 17.6 Å². The summed E-state index contributed by atoms with van der Waals surface area (Å²) in [5.74, 6) is -6.10. The summed E-state index contributed by atoms with van der Waals surface area (Å²) in [6, 6.07) is 4.42. The highest BCUT2D eigenvalue weighted by atomic mass is 19.3. The van der Waals surface area contributed by atoms with Crippen molar-refractivity contribution in [1.82, 2.24) is 15.6 Å². The zero-order valence-corrected chi connectivity index (χ0v) is 17.3. The van der Waals surface area contributed by atoms with Gasteiger partial charge >= 0.3 is 0 Å². The largest absolute Gasteiger partial charge is 0.356 e. The van der Waals surface area contributed by atoms with Crippen LogP contribution in [-0.4, -0.2) is 40.1 Å². The van der Waals surface area contributed by atoms with E-state index in [2.05, 4.69) is 15.6 Å². The number of nitriles is 1. The van der Waals surface area contributed by atoms with E-state index in [0.717, 1.165) is 18.5 Å². The Bertz CT molecular complexity index is 947. The first-order valence-corrected chi connectivity index (χ1v) is 10.7. The maximum absolute atomic E-state index is 13.5. The van der Waals surface area contributed by atoms with Gasteiger partial charge in [-0.25, -0.2) is 8.78 Å². The number of ketones is 1. The van der Waals surface area contributed by atoms with Gasteiger partial charge in [0.2, 0.25) is 11.8 Å². The molecule has 4 atom stereocenters. The predicted molar refractivity (Wildman–Crippen MR) is 106 cm³/mol. The molecule has 1 aromatic heterocycles. The molecular weight excluding hydrogens is 406 g/mol. The smallest absolute Gasteiger partial charge is 0.251 e. The number of hydrogen-bond acceptors (Lipinski definition) is 4. The van der Waals surface area contributed by atoms with Crippen molar-refractivity contribution in [3.05, 3.63) is 23.5 Å². The molecule has 1 spiro atoms. The molecule has 0 aromatic carbocycles. The van der Waals surface area contributed by atoms with E-state index in [-0.39, 0.29) is 48.8 Å². The molecule has 2 heterocycles. The van der Waals surface area contributed by atoms with Crippen LogP contribution in [0.1, 0.15) is 61.1 Å². The average molecular weight is 432 g/mol. The Morgan fingerprint density at radius 1 is 1.29 bits per heavy atom. The third kappa shape index (κ3) is 4.78. The van der Waals surface area contributed by atoms with Crippen LogP contribution in [-0.2, 0) is 9.59 Å². The van der Waals surface area contributed by atoms with Crippen LogP contribution < -0.4 is 10.6 Å². The van der Waals surface area contributed by atoms with Gasteiger partial charge in [-0.05, 0) is 51.2 Å². The van der Waals surface area contributed by atoms with Crippen molar-refractivity contribution in [3.63, 3.8) is 0 Å². The average Bonchev–Trinajstić information content (AvgIpc) is 3.47. The number of nitrogens with one attached hydrogen (secondary N) is 3. The molecule has 2 amide bonds. The molecule has 2 aliphatic carbocycles. The Labute approximate surface area is 178 Å². The molecule has 1 saturated heterocycles. The van der Waals surface area contributed by atoms with Crippen LogP contribution in [0.15, 0.2) is 12.1 Å². The summed E-state index contributed by atoms with van der Waals surface area (Å²) < 4.78 is 27.0. The quantitative estimate of drug-likeness (QED) is 0.520. The summed E-state index contributed by atoms with van der Waals surface area (Å²) in [6.07, 6.45) is 2.04. The number of nitrogens with zero attached hydrogens (tertiary/aromatic N) is 1. The van der Waals surface area contributed by atoms with Gasteiger partial charge in [0.1, 0.15) is 6.04 Å². The second kappa shape index (κ2) is 7.74. The Hall–Kier alpha value is -2.76. The van der Waals surface area contributed by atoms with Gasteiger partial charge in [-0.1, -0.05) is 0 Å². The minimum Gasteiger partial charge on any atom is -0.356 e. The second-order valence-corrected chi connectivity index (χ2v) is 9.37. The predicted octanol–water partition coefficient (Wildman–Crippen LogP) is 2.62. The van der Waals surface area contributed by atoms with E-state index in [4.69, 9.17) is 0 Å². The number of aromatic nitrogens is 1. The summed E-state index contributed by atoms with van der Waals surface area (Å²) in [4.78, 5) is 40.5. The summed E-state index contributed by atoms with van der Waals surface area (Å²) in [5, 5.41) is 15.1. The number of carbonyl (C=O) groups excluding carboxylic acids is 3. The van der Waals surface area contributed by atoms with Gasteiger partial charge in [0, 0.05) is 41.8 Å². The molecule has 0 radical (unpaired) electrons. The van der Waals surface area contributed by atoms with Crippen molar-refractivity contribution in [2.24, 2.45) is 17.8 Å². The van der Waals surface area contributed by atoms with Crippen LogP contribution in [0, 0.1) is 36.0 Å². The Morgan fingerprint density at radius 3 is 2.52 bits per heavy atom. The first kappa shape index (κ1) is 21.5. The SMILES string of the molecule is Cc1ccc(C(=O)C[C@@H](CC2CC2(F)F)C(=O)N[C@H](C#N)C[C@@H]2CC3(CC3)NC2=O)[nH]1. The topological polar surface area (TPSA) is 115 Å².